The first-order valence-electron chi connectivity index (χ1n) is 7.83. The Hall–Kier alpha value is -2.64. The van der Waals surface area contributed by atoms with Crippen LogP contribution < -0.4 is 5.32 Å². The van der Waals surface area contributed by atoms with Crippen molar-refractivity contribution in [2.45, 2.75) is 19.8 Å². The maximum atomic E-state index is 12.2. The van der Waals surface area contributed by atoms with Crippen molar-refractivity contribution in [3.63, 3.8) is 0 Å². The number of piperidine rings is 1. The quantitative estimate of drug-likeness (QED) is 0.502. The van der Waals surface area contributed by atoms with E-state index in [2.05, 4.69) is 12.2 Å². The van der Waals surface area contributed by atoms with Gasteiger partial charge in [-0.3, -0.25) is 14.9 Å². The van der Waals surface area contributed by atoms with Crippen molar-refractivity contribution in [3.8, 4) is 0 Å². The van der Waals surface area contributed by atoms with Gasteiger partial charge in [0.15, 0.2) is 6.61 Å². The molecule has 0 spiro atoms. The second kappa shape index (κ2) is 7.76. The first-order chi connectivity index (χ1) is 11.4. The van der Waals surface area contributed by atoms with Gasteiger partial charge in [-0.2, -0.15) is 0 Å². The number of rotatable bonds is 5. The number of nitrogens with one attached hydrogen (secondary N) is 1. The predicted octanol–water partition coefficient (Wildman–Crippen LogP) is 2.05. The molecule has 0 radical (unpaired) electrons. The summed E-state index contributed by atoms with van der Waals surface area (Å²) in [4.78, 5) is 36.3. The van der Waals surface area contributed by atoms with Crippen LogP contribution in [0, 0.1) is 16.0 Å². The van der Waals surface area contributed by atoms with E-state index in [-0.39, 0.29) is 23.8 Å². The van der Waals surface area contributed by atoms with Gasteiger partial charge in [-0.15, -0.1) is 0 Å². The highest BCUT2D eigenvalue weighted by atomic mass is 16.6. The highest BCUT2D eigenvalue weighted by molar-refractivity contribution is 5.97. The number of benzene rings is 1. The fraction of sp³-hybridized carbons (Fsp3) is 0.500. The van der Waals surface area contributed by atoms with Crippen molar-refractivity contribution < 1.29 is 19.2 Å². The van der Waals surface area contributed by atoms with Gasteiger partial charge < -0.3 is 15.0 Å². The van der Waals surface area contributed by atoms with Crippen LogP contribution in [0.1, 0.15) is 30.1 Å². The van der Waals surface area contributed by atoms with Crippen LogP contribution in [0.25, 0.3) is 0 Å². The molecule has 1 amide bonds. The fourth-order valence-electron chi connectivity index (χ4n) is 2.74. The van der Waals surface area contributed by atoms with Crippen molar-refractivity contribution >= 4 is 23.3 Å². The summed E-state index contributed by atoms with van der Waals surface area (Å²) >= 11 is 0. The molecule has 0 bridgehead atoms. The minimum Gasteiger partial charge on any atom is -0.452 e. The van der Waals surface area contributed by atoms with Crippen LogP contribution in [0.4, 0.5) is 11.4 Å². The number of nitro groups is 1. The average molecular weight is 335 g/mol. The number of esters is 1. The molecule has 1 aliphatic rings. The molecular formula is C16H21N3O5. The van der Waals surface area contributed by atoms with E-state index >= 15 is 0 Å². The molecule has 1 heterocycles. The zero-order chi connectivity index (χ0) is 17.7. The lowest BCUT2D eigenvalue weighted by atomic mass is 10.0. The summed E-state index contributed by atoms with van der Waals surface area (Å²) < 4.78 is 5.06. The highest BCUT2D eigenvalue weighted by Gasteiger charge is 2.23. The number of hydrogen-bond donors (Lipinski definition) is 1. The molecule has 0 unspecified atom stereocenters. The Balaban J connectivity index is 2.02. The number of hydrogen-bond acceptors (Lipinski definition) is 6. The van der Waals surface area contributed by atoms with Crippen molar-refractivity contribution in [2.75, 3.05) is 32.1 Å². The Kier molecular flexibility index (Phi) is 5.73. The summed E-state index contributed by atoms with van der Waals surface area (Å²) in [5.74, 6) is -0.570. The predicted molar refractivity (Wildman–Crippen MR) is 87.9 cm³/mol. The van der Waals surface area contributed by atoms with Gasteiger partial charge in [-0.1, -0.05) is 6.92 Å². The van der Waals surface area contributed by atoms with Crippen molar-refractivity contribution in [3.05, 3.63) is 33.9 Å². The highest BCUT2D eigenvalue weighted by Crippen LogP contribution is 2.23. The van der Waals surface area contributed by atoms with E-state index in [4.69, 9.17) is 4.74 Å². The lowest BCUT2D eigenvalue weighted by Gasteiger charge is -2.30. The molecule has 1 N–H and O–H groups in total. The Morgan fingerprint density at radius 3 is 2.83 bits per heavy atom. The number of nitro benzene ring substituents is 1. The van der Waals surface area contributed by atoms with E-state index in [0.717, 1.165) is 18.9 Å². The molecule has 0 aliphatic carbocycles. The number of likely N-dealkylation sites (tertiary alicyclic amines) is 1. The van der Waals surface area contributed by atoms with Crippen LogP contribution in [0.3, 0.4) is 0 Å². The van der Waals surface area contributed by atoms with Crippen LogP contribution in [-0.2, 0) is 9.53 Å². The van der Waals surface area contributed by atoms with Gasteiger partial charge in [0.05, 0.1) is 10.5 Å². The summed E-state index contributed by atoms with van der Waals surface area (Å²) in [6, 6.07) is 3.87. The summed E-state index contributed by atoms with van der Waals surface area (Å²) in [5.41, 5.74) is 0.230. The van der Waals surface area contributed by atoms with Crippen LogP contribution in [0.2, 0.25) is 0 Å². The second-order valence-corrected chi connectivity index (χ2v) is 5.90. The molecule has 1 fully saturated rings. The maximum absolute atomic E-state index is 12.2. The van der Waals surface area contributed by atoms with Crippen LogP contribution >= 0.6 is 0 Å². The molecule has 1 saturated heterocycles. The molecule has 2 rings (SSSR count). The smallest absolute Gasteiger partial charge is 0.341 e. The Bertz CT molecular complexity index is 647. The van der Waals surface area contributed by atoms with Gasteiger partial charge in [0.2, 0.25) is 0 Å². The number of carbonyl (C=O) groups excluding carboxylic acids is 2. The summed E-state index contributed by atoms with van der Waals surface area (Å²) in [5, 5.41) is 13.6. The van der Waals surface area contributed by atoms with Gasteiger partial charge >= 0.3 is 5.97 Å². The molecule has 130 valence electrons. The van der Waals surface area contributed by atoms with Crippen molar-refractivity contribution in [1.82, 2.24) is 4.90 Å². The molecular weight excluding hydrogens is 314 g/mol. The second-order valence-electron chi connectivity index (χ2n) is 5.90. The fourth-order valence-corrected chi connectivity index (χ4v) is 2.74. The summed E-state index contributed by atoms with van der Waals surface area (Å²) in [6.45, 7) is 3.04. The number of amides is 1. The molecule has 1 aromatic rings. The van der Waals surface area contributed by atoms with E-state index in [1.807, 2.05) is 0 Å². The summed E-state index contributed by atoms with van der Waals surface area (Å²) in [6.07, 6.45) is 2.03. The third-order valence-electron chi connectivity index (χ3n) is 4.04. The van der Waals surface area contributed by atoms with Gasteiger partial charge in [0, 0.05) is 38.0 Å². The molecule has 8 heteroatoms. The number of nitrogens with zero attached hydrogens (tertiary/aromatic N) is 2. The monoisotopic (exact) mass is 335 g/mol. The minimum atomic E-state index is -0.763. The van der Waals surface area contributed by atoms with Crippen LogP contribution in [-0.4, -0.2) is 48.4 Å². The minimum absolute atomic E-state index is 0.0338. The number of ether oxygens (including phenoxy) is 1. The van der Waals surface area contributed by atoms with E-state index < -0.39 is 10.9 Å². The third kappa shape index (κ3) is 4.21. The molecule has 1 aromatic carbocycles. The lowest BCUT2D eigenvalue weighted by molar-refractivity contribution is -0.384. The largest absolute Gasteiger partial charge is 0.452 e. The molecule has 1 atom stereocenters. The van der Waals surface area contributed by atoms with E-state index in [9.17, 15) is 19.7 Å². The average Bonchev–Trinajstić information content (AvgIpc) is 2.58. The third-order valence-corrected chi connectivity index (χ3v) is 4.04. The first-order valence-corrected chi connectivity index (χ1v) is 7.83. The van der Waals surface area contributed by atoms with Gasteiger partial charge in [-0.25, -0.2) is 4.79 Å². The number of carbonyl (C=O) groups is 2. The SMILES string of the molecule is CNc1ccc([N+](=O)[O-])cc1C(=O)OCC(=O)N1CCC[C@@H](C)C1. The molecule has 8 nitrogen and oxygen atoms in total. The maximum Gasteiger partial charge on any atom is 0.341 e. The van der Waals surface area contributed by atoms with E-state index in [1.165, 1.54) is 12.1 Å². The van der Waals surface area contributed by atoms with Gasteiger partial charge in [0.25, 0.3) is 11.6 Å². The van der Waals surface area contributed by atoms with Crippen LogP contribution in [0.5, 0.6) is 0 Å². The topological polar surface area (TPSA) is 102 Å². The Morgan fingerprint density at radius 1 is 1.46 bits per heavy atom. The van der Waals surface area contributed by atoms with E-state index in [0.29, 0.717) is 24.7 Å². The standard InChI is InChI=1S/C16H21N3O5/c1-11-4-3-7-18(9-11)15(20)10-24-16(21)13-8-12(19(22)23)5-6-14(13)17-2/h5-6,8,11,17H,3-4,7,9-10H2,1-2H3/t11-/m1/s1. The number of anilines is 1. The first kappa shape index (κ1) is 17.7. The molecule has 1 aliphatic heterocycles. The normalized spacial score (nSPS) is 17.2. The zero-order valence-electron chi connectivity index (χ0n) is 13.8. The molecule has 24 heavy (non-hydrogen) atoms. The molecule has 0 aromatic heterocycles. The summed E-state index contributed by atoms with van der Waals surface area (Å²) in [7, 11) is 1.60. The lowest BCUT2D eigenvalue weighted by Crippen LogP contribution is -2.41. The Morgan fingerprint density at radius 2 is 2.21 bits per heavy atom. The number of non-ortho nitro benzene ring substituents is 1. The van der Waals surface area contributed by atoms with Crippen molar-refractivity contribution in [1.29, 1.82) is 0 Å². The van der Waals surface area contributed by atoms with Gasteiger partial charge in [-0.05, 0) is 24.8 Å². The van der Waals surface area contributed by atoms with Crippen LogP contribution in [0.15, 0.2) is 18.2 Å². The Labute approximate surface area is 139 Å². The van der Waals surface area contributed by atoms with Crippen molar-refractivity contribution in [2.24, 2.45) is 5.92 Å². The zero-order valence-corrected chi connectivity index (χ0v) is 13.8. The van der Waals surface area contributed by atoms with Gasteiger partial charge in [0.1, 0.15) is 0 Å². The van der Waals surface area contributed by atoms with E-state index in [1.54, 1.807) is 11.9 Å². The molecule has 0 saturated carbocycles.